The Bertz CT molecular complexity index is 1160. The predicted molar refractivity (Wildman–Crippen MR) is 126 cm³/mol. The van der Waals surface area contributed by atoms with Gasteiger partial charge in [-0.15, -0.1) is 0 Å². The molecule has 11 heteroatoms. The molecule has 0 saturated carbocycles. The molecule has 0 radical (unpaired) electrons. The van der Waals surface area contributed by atoms with Gasteiger partial charge >= 0.3 is 17.9 Å². The van der Waals surface area contributed by atoms with Gasteiger partial charge in [-0.1, -0.05) is 6.07 Å². The van der Waals surface area contributed by atoms with Gasteiger partial charge in [0.2, 0.25) is 0 Å². The number of aryl methyl sites for hydroxylation is 1. The fourth-order valence-electron chi connectivity index (χ4n) is 4.00. The lowest BCUT2D eigenvalue weighted by atomic mass is 9.95. The number of ether oxygens (including phenoxy) is 1. The van der Waals surface area contributed by atoms with Crippen molar-refractivity contribution in [3.63, 3.8) is 0 Å². The molecule has 0 bridgehead atoms. The third kappa shape index (κ3) is 6.79. The maximum Gasteiger partial charge on any atom is 0.343 e. The second-order valence-electron chi connectivity index (χ2n) is 8.16. The van der Waals surface area contributed by atoms with Crippen molar-refractivity contribution in [2.24, 2.45) is 5.73 Å². The Morgan fingerprint density at radius 3 is 2.40 bits per heavy atom. The SMILES string of the molecule is N=C(N)Nc1ccc2c(c1)CCCCc1c(cccc1C(=O)NC(CC(=O)O)CC(=O)O)OC2=O. The summed E-state index contributed by atoms with van der Waals surface area (Å²) in [6, 6.07) is 8.49. The smallest absolute Gasteiger partial charge is 0.343 e. The summed E-state index contributed by atoms with van der Waals surface area (Å²) in [5.41, 5.74) is 7.74. The summed E-state index contributed by atoms with van der Waals surface area (Å²) in [7, 11) is 0. The van der Waals surface area contributed by atoms with E-state index in [9.17, 15) is 19.2 Å². The molecule has 0 aliphatic carbocycles. The minimum atomic E-state index is -1.23. The molecule has 2 aromatic rings. The molecule has 7 N–H and O–H groups in total. The van der Waals surface area contributed by atoms with Gasteiger partial charge in [0.05, 0.1) is 24.4 Å². The van der Waals surface area contributed by atoms with E-state index in [1.807, 2.05) is 0 Å². The number of nitrogens with two attached hydrogens (primary N) is 1. The zero-order chi connectivity index (χ0) is 25.5. The van der Waals surface area contributed by atoms with Crippen molar-refractivity contribution >= 4 is 35.5 Å². The number of rotatable bonds is 7. The van der Waals surface area contributed by atoms with E-state index in [-0.39, 0.29) is 17.3 Å². The second kappa shape index (κ2) is 11.1. The van der Waals surface area contributed by atoms with E-state index in [1.165, 1.54) is 12.1 Å². The molecule has 0 fully saturated rings. The van der Waals surface area contributed by atoms with Gasteiger partial charge in [0.15, 0.2) is 5.96 Å². The lowest BCUT2D eigenvalue weighted by Crippen LogP contribution is -2.38. The van der Waals surface area contributed by atoms with Crippen molar-refractivity contribution in [1.82, 2.24) is 5.32 Å². The number of hydrogen-bond donors (Lipinski definition) is 6. The number of amides is 1. The molecule has 0 atom stereocenters. The Balaban J connectivity index is 1.89. The van der Waals surface area contributed by atoms with Crippen LogP contribution < -0.4 is 21.1 Å². The predicted octanol–water partition coefficient (Wildman–Crippen LogP) is 2.14. The second-order valence-corrected chi connectivity index (χ2v) is 8.16. The normalized spacial score (nSPS) is 13.1. The van der Waals surface area contributed by atoms with Crippen LogP contribution in [-0.4, -0.2) is 46.0 Å². The number of carbonyl (C=O) groups is 4. The highest BCUT2D eigenvalue weighted by Crippen LogP contribution is 2.29. The molecule has 1 aliphatic heterocycles. The fourth-order valence-corrected chi connectivity index (χ4v) is 4.00. The Hall–Kier alpha value is -4.41. The average Bonchev–Trinajstić information content (AvgIpc) is 2.75. The Morgan fingerprint density at radius 1 is 1.06 bits per heavy atom. The molecule has 2 aromatic carbocycles. The monoisotopic (exact) mass is 482 g/mol. The van der Waals surface area contributed by atoms with Crippen molar-refractivity contribution in [3.8, 4) is 5.75 Å². The number of guanidine groups is 1. The van der Waals surface area contributed by atoms with Crippen molar-refractivity contribution in [3.05, 3.63) is 58.7 Å². The minimum Gasteiger partial charge on any atom is -0.481 e. The van der Waals surface area contributed by atoms with Gasteiger partial charge in [0, 0.05) is 16.8 Å². The van der Waals surface area contributed by atoms with E-state index < -0.39 is 42.7 Å². The van der Waals surface area contributed by atoms with Gasteiger partial charge < -0.3 is 31.3 Å². The zero-order valence-electron chi connectivity index (χ0n) is 18.8. The molecule has 35 heavy (non-hydrogen) atoms. The summed E-state index contributed by atoms with van der Waals surface area (Å²) < 4.78 is 5.65. The number of hydrogen-bond acceptors (Lipinski definition) is 6. The molecule has 1 heterocycles. The van der Waals surface area contributed by atoms with Crippen molar-refractivity contribution in [2.45, 2.75) is 44.6 Å². The Labute approximate surface area is 200 Å². The highest BCUT2D eigenvalue weighted by atomic mass is 16.5. The first kappa shape index (κ1) is 25.2. The molecule has 0 spiro atoms. The van der Waals surface area contributed by atoms with E-state index in [0.29, 0.717) is 42.5 Å². The Kier molecular flexibility index (Phi) is 8.03. The van der Waals surface area contributed by atoms with Gasteiger partial charge in [0.25, 0.3) is 5.91 Å². The maximum absolute atomic E-state index is 13.0. The standard InChI is InChI=1S/C24H26N4O7/c25-24(26)28-14-8-9-16-13(10-14)4-1-2-5-17-18(6-3-7-19(17)35-23(16)34)22(33)27-15(11-20(29)30)12-21(31)32/h3,6-10,15H,1-2,4-5,11-12H2,(H,27,33)(H,29,30)(H,31,32)(H4,25,26,28). The highest BCUT2D eigenvalue weighted by molar-refractivity contribution is 5.98. The van der Waals surface area contributed by atoms with Crippen LogP contribution in [0.3, 0.4) is 0 Å². The number of anilines is 1. The number of carboxylic acid groups (broad SMARTS) is 2. The molecule has 184 valence electrons. The van der Waals surface area contributed by atoms with Crippen LogP contribution in [0.4, 0.5) is 5.69 Å². The summed E-state index contributed by atoms with van der Waals surface area (Å²) in [5.74, 6) is -3.73. The maximum atomic E-state index is 13.0. The van der Waals surface area contributed by atoms with Crippen LogP contribution in [0.2, 0.25) is 0 Å². The summed E-state index contributed by atoms with van der Waals surface area (Å²) >= 11 is 0. The van der Waals surface area contributed by atoms with Crippen LogP contribution >= 0.6 is 0 Å². The van der Waals surface area contributed by atoms with Gasteiger partial charge in [-0.25, -0.2) is 4.79 Å². The molecule has 11 nitrogen and oxygen atoms in total. The molecular weight excluding hydrogens is 456 g/mol. The molecule has 1 aliphatic rings. The average molecular weight is 482 g/mol. The molecule has 3 rings (SSSR count). The van der Waals surface area contributed by atoms with Crippen molar-refractivity contribution < 1.29 is 34.1 Å². The minimum absolute atomic E-state index is 0.192. The first-order valence-electron chi connectivity index (χ1n) is 11.0. The molecule has 0 saturated heterocycles. The Morgan fingerprint density at radius 2 is 1.74 bits per heavy atom. The first-order chi connectivity index (χ1) is 16.6. The van der Waals surface area contributed by atoms with Crippen LogP contribution in [0, 0.1) is 5.41 Å². The topological polar surface area (TPSA) is 192 Å². The molecule has 1 amide bonds. The number of aliphatic carboxylic acids is 2. The largest absolute Gasteiger partial charge is 0.481 e. The summed E-state index contributed by atoms with van der Waals surface area (Å²) in [5, 5.41) is 30.7. The number of fused-ring (bicyclic) bond motifs is 2. The van der Waals surface area contributed by atoms with Gasteiger partial charge in [-0.3, -0.25) is 19.8 Å². The van der Waals surface area contributed by atoms with Crippen molar-refractivity contribution in [2.75, 3.05) is 5.32 Å². The lowest BCUT2D eigenvalue weighted by Gasteiger charge is -2.20. The van der Waals surface area contributed by atoms with Gasteiger partial charge in [0.1, 0.15) is 5.75 Å². The van der Waals surface area contributed by atoms with Crippen LogP contribution in [0.25, 0.3) is 0 Å². The van der Waals surface area contributed by atoms with E-state index in [1.54, 1.807) is 24.3 Å². The number of carboxylic acids is 2. The molecular formula is C24H26N4O7. The van der Waals surface area contributed by atoms with Gasteiger partial charge in [-0.2, -0.15) is 0 Å². The van der Waals surface area contributed by atoms with E-state index >= 15 is 0 Å². The fraction of sp³-hybridized carbons (Fsp3) is 0.292. The summed E-state index contributed by atoms with van der Waals surface area (Å²) in [6.07, 6.45) is 1.24. The van der Waals surface area contributed by atoms with E-state index in [4.69, 9.17) is 26.1 Å². The zero-order valence-corrected chi connectivity index (χ0v) is 18.8. The lowest BCUT2D eigenvalue weighted by molar-refractivity contribution is -0.139. The van der Waals surface area contributed by atoms with Crippen LogP contribution in [0.1, 0.15) is 57.5 Å². The highest BCUT2D eigenvalue weighted by Gasteiger charge is 2.24. The summed E-state index contributed by atoms with van der Waals surface area (Å²) in [6.45, 7) is 0. The molecule has 0 aromatic heterocycles. The van der Waals surface area contributed by atoms with Crippen molar-refractivity contribution in [1.29, 1.82) is 5.41 Å². The summed E-state index contributed by atoms with van der Waals surface area (Å²) in [4.78, 5) is 48.1. The number of nitrogens with one attached hydrogen (secondary N) is 3. The van der Waals surface area contributed by atoms with E-state index in [0.717, 1.165) is 5.56 Å². The third-order valence-corrected chi connectivity index (χ3v) is 5.48. The molecule has 0 unspecified atom stereocenters. The van der Waals surface area contributed by atoms with Crippen LogP contribution in [0.5, 0.6) is 5.75 Å². The number of carbonyl (C=O) groups excluding carboxylic acids is 2. The number of benzene rings is 2. The number of esters is 1. The van der Waals surface area contributed by atoms with Crippen LogP contribution in [-0.2, 0) is 22.4 Å². The van der Waals surface area contributed by atoms with E-state index in [2.05, 4.69) is 10.6 Å². The quantitative estimate of drug-likeness (QED) is 0.148. The van der Waals surface area contributed by atoms with Gasteiger partial charge in [-0.05, 0) is 61.6 Å². The third-order valence-electron chi connectivity index (χ3n) is 5.48. The van der Waals surface area contributed by atoms with Crippen LogP contribution in [0.15, 0.2) is 36.4 Å². The first-order valence-corrected chi connectivity index (χ1v) is 11.0.